The van der Waals surface area contributed by atoms with Gasteiger partial charge in [-0.2, -0.15) is 4.31 Å². The van der Waals surface area contributed by atoms with Gasteiger partial charge >= 0.3 is 0 Å². The van der Waals surface area contributed by atoms with E-state index in [1.54, 1.807) is 42.5 Å². The van der Waals surface area contributed by atoms with Crippen molar-refractivity contribution >= 4 is 66.9 Å². The van der Waals surface area contributed by atoms with Crippen molar-refractivity contribution in [2.45, 2.75) is 58.9 Å². The molecule has 0 radical (unpaired) electrons. The van der Waals surface area contributed by atoms with E-state index in [4.69, 9.17) is 23.2 Å². The molecule has 266 valence electrons. The number of hydrogen-bond donors (Lipinski definition) is 2. The number of rotatable bonds is 11. The molecule has 2 heterocycles. The minimum atomic E-state index is -4.33. The molecule has 2 aliphatic rings. The van der Waals surface area contributed by atoms with Gasteiger partial charge in [0.1, 0.15) is 12.3 Å². The van der Waals surface area contributed by atoms with E-state index in [1.165, 1.54) is 47.0 Å². The first-order chi connectivity index (χ1) is 24.4. The Morgan fingerprint density at radius 1 is 0.863 bits per heavy atom. The molecule has 0 bridgehead atoms. The van der Waals surface area contributed by atoms with E-state index in [-0.39, 0.29) is 55.1 Å². The highest BCUT2D eigenvalue weighted by Crippen LogP contribution is 2.43. The number of aldehydes is 1. The second-order valence-corrected chi connectivity index (χ2v) is 17.3. The van der Waals surface area contributed by atoms with Crippen molar-refractivity contribution in [3.8, 4) is 0 Å². The van der Waals surface area contributed by atoms with Gasteiger partial charge in [0.25, 0.3) is 5.91 Å². The van der Waals surface area contributed by atoms with Crippen LogP contribution < -0.4 is 10.6 Å². The van der Waals surface area contributed by atoms with Crippen molar-refractivity contribution in [3.05, 3.63) is 112 Å². The van der Waals surface area contributed by atoms with Crippen LogP contribution in [-0.4, -0.2) is 62.9 Å². The molecule has 2 fully saturated rings. The standard InChI is InChI=1S/C36H34Cl2N4O7S2/c37-31-19-39-20-32(38)33(31)35(44)40-25-15-13-23(14-16-25)17-26(22-43)41-36(45)34-30-12-5-4-7-24(30)21-42(34)51(48,49)29-11-6-10-28(18-29)50(46,47)27-8-2-1-3-9-27/h1-3,6,8-11,13-16,18-20,22,24,26,30,34H,4-5,7,12,17,21H2,(H,40,44)(H,41,45)/t24-,26+,30-,34+/m1/s1. The summed E-state index contributed by atoms with van der Waals surface area (Å²) in [5, 5.41) is 5.67. The summed E-state index contributed by atoms with van der Waals surface area (Å²) >= 11 is 12.2. The Kier molecular flexibility index (Phi) is 10.9. The van der Waals surface area contributed by atoms with Gasteiger partial charge in [-0.15, -0.1) is 0 Å². The molecule has 0 unspecified atom stereocenters. The van der Waals surface area contributed by atoms with Crippen LogP contribution in [0.1, 0.15) is 41.6 Å². The predicted octanol–water partition coefficient (Wildman–Crippen LogP) is 5.58. The number of nitrogens with zero attached hydrogens (tertiary/aromatic N) is 2. The molecular formula is C36H34Cl2N4O7S2. The minimum Gasteiger partial charge on any atom is -0.345 e. The fourth-order valence-electron chi connectivity index (χ4n) is 6.88. The number of sulfonamides is 1. The minimum absolute atomic E-state index is 0.0306. The number of anilines is 1. The molecule has 1 saturated carbocycles. The SMILES string of the molecule is O=C[C@H](Cc1ccc(NC(=O)c2c(Cl)cncc2Cl)cc1)NC(=O)[C@@H]1[C@@H]2CCCC[C@@H]2CN1S(=O)(=O)c1cccc(S(=O)(=O)c2ccccc2)c1. The van der Waals surface area contributed by atoms with Crippen LogP contribution >= 0.6 is 23.2 Å². The van der Waals surface area contributed by atoms with Crippen molar-refractivity contribution in [2.75, 3.05) is 11.9 Å². The van der Waals surface area contributed by atoms with Crippen LogP contribution in [0.3, 0.4) is 0 Å². The fraction of sp³-hybridized carbons (Fsp3) is 0.278. The second-order valence-electron chi connectivity index (χ2n) is 12.6. The summed E-state index contributed by atoms with van der Waals surface area (Å²) < 4.78 is 56.3. The summed E-state index contributed by atoms with van der Waals surface area (Å²) in [6.45, 7) is 0.107. The van der Waals surface area contributed by atoms with Crippen molar-refractivity contribution in [3.63, 3.8) is 0 Å². The highest BCUT2D eigenvalue weighted by atomic mass is 35.5. The average molecular weight is 770 g/mol. The summed E-state index contributed by atoms with van der Waals surface area (Å²) in [6.07, 6.45) is 6.47. The Bertz CT molecular complexity index is 2150. The Balaban J connectivity index is 1.19. The van der Waals surface area contributed by atoms with E-state index in [0.717, 1.165) is 25.3 Å². The number of benzene rings is 3. The van der Waals surface area contributed by atoms with Gasteiger partial charge < -0.3 is 15.4 Å². The normalized spacial score (nSPS) is 19.8. The third-order valence-electron chi connectivity index (χ3n) is 9.38. The van der Waals surface area contributed by atoms with E-state index in [1.807, 2.05) is 0 Å². The molecule has 1 saturated heterocycles. The van der Waals surface area contributed by atoms with Gasteiger partial charge in [-0.3, -0.25) is 14.6 Å². The molecule has 3 aromatic carbocycles. The molecule has 2 amide bonds. The zero-order valence-electron chi connectivity index (χ0n) is 27.1. The lowest BCUT2D eigenvalue weighted by atomic mass is 9.78. The van der Waals surface area contributed by atoms with Crippen LogP contribution in [0.2, 0.25) is 10.0 Å². The molecule has 1 aliphatic carbocycles. The van der Waals surface area contributed by atoms with Crippen LogP contribution in [0.5, 0.6) is 0 Å². The van der Waals surface area contributed by atoms with Crippen LogP contribution in [0, 0.1) is 11.8 Å². The number of hydrogen-bond acceptors (Lipinski definition) is 8. The van der Waals surface area contributed by atoms with Gasteiger partial charge in [-0.05, 0) is 79.1 Å². The van der Waals surface area contributed by atoms with Gasteiger partial charge in [-0.1, -0.05) is 72.4 Å². The average Bonchev–Trinajstić information content (AvgIpc) is 3.53. The molecule has 11 nitrogen and oxygen atoms in total. The number of amides is 2. The highest BCUT2D eigenvalue weighted by Gasteiger charge is 2.51. The van der Waals surface area contributed by atoms with Crippen molar-refractivity contribution in [1.29, 1.82) is 0 Å². The third kappa shape index (κ3) is 7.73. The molecule has 15 heteroatoms. The van der Waals surface area contributed by atoms with E-state index >= 15 is 0 Å². The Labute approximate surface area is 306 Å². The Morgan fingerprint density at radius 2 is 1.51 bits per heavy atom. The predicted molar refractivity (Wildman–Crippen MR) is 192 cm³/mol. The van der Waals surface area contributed by atoms with Gasteiger partial charge in [-0.25, -0.2) is 16.8 Å². The van der Waals surface area contributed by atoms with Gasteiger partial charge in [0.15, 0.2) is 0 Å². The number of pyridine rings is 1. The zero-order valence-corrected chi connectivity index (χ0v) is 30.3. The number of nitrogens with one attached hydrogen (secondary N) is 2. The molecular weight excluding hydrogens is 735 g/mol. The lowest BCUT2D eigenvalue weighted by molar-refractivity contribution is -0.128. The summed E-state index contributed by atoms with van der Waals surface area (Å²) in [5.41, 5.74) is 1.19. The first-order valence-electron chi connectivity index (χ1n) is 16.3. The highest BCUT2D eigenvalue weighted by molar-refractivity contribution is 7.91. The van der Waals surface area contributed by atoms with Crippen LogP contribution in [-0.2, 0) is 35.9 Å². The molecule has 51 heavy (non-hydrogen) atoms. The van der Waals surface area contributed by atoms with Gasteiger partial charge in [0.2, 0.25) is 25.8 Å². The van der Waals surface area contributed by atoms with Crippen LogP contribution in [0.15, 0.2) is 106 Å². The van der Waals surface area contributed by atoms with E-state index in [0.29, 0.717) is 24.0 Å². The molecule has 4 aromatic rings. The largest absolute Gasteiger partial charge is 0.345 e. The number of carbonyl (C=O) groups excluding carboxylic acids is 3. The van der Waals surface area contributed by atoms with E-state index in [2.05, 4.69) is 15.6 Å². The maximum atomic E-state index is 14.2. The molecule has 0 spiro atoms. The first-order valence-corrected chi connectivity index (χ1v) is 19.9. The maximum Gasteiger partial charge on any atom is 0.258 e. The zero-order chi connectivity index (χ0) is 36.3. The number of halogens is 2. The molecule has 1 aliphatic heterocycles. The smallest absolute Gasteiger partial charge is 0.258 e. The van der Waals surface area contributed by atoms with Crippen molar-refractivity contribution in [1.82, 2.24) is 14.6 Å². The number of aromatic nitrogens is 1. The van der Waals surface area contributed by atoms with E-state index < -0.39 is 43.8 Å². The summed E-state index contributed by atoms with van der Waals surface area (Å²) in [6, 6.07) is 17.5. The number of carbonyl (C=O) groups is 3. The molecule has 1 aromatic heterocycles. The fourth-order valence-corrected chi connectivity index (χ4v) is 10.6. The van der Waals surface area contributed by atoms with E-state index in [9.17, 15) is 31.2 Å². The van der Waals surface area contributed by atoms with Gasteiger partial charge in [0, 0.05) is 24.6 Å². The summed E-state index contributed by atoms with van der Waals surface area (Å²) in [4.78, 5) is 42.4. The Morgan fingerprint density at radius 3 is 2.20 bits per heavy atom. The number of fused-ring (bicyclic) bond motifs is 1. The monoisotopic (exact) mass is 768 g/mol. The molecule has 4 atom stereocenters. The Hall–Kier alpha value is -4.14. The summed E-state index contributed by atoms with van der Waals surface area (Å²) in [5.74, 6) is -1.44. The van der Waals surface area contributed by atoms with Crippen LogP contribution in [0.4, 0.5) is 5.69 Å². The molecule has 6 rings (SSSR count). The quantitative estimate of drug-likeness (QED) is 0.187. The lowest BCUT2D eigenvalue weighted by Gasteiger charge is -2.30. The van der Waals surface area contributed by atoms with Gasteiger partial charge in [0.05, 0.1) is 36.3 Å². The topological polar surface area (TPSA) is 160 Å². The van der Waals surface area contributed by atoms with Crippen molar-refractivity contribution in [2.24, 2.45) is 11.8 Å². The number of sulfone groups is 1. The first kappa shape index (κ1) is 36.6. The second kappa shape index (κ2) is 15.2. The van der Waals surface area contributed by atoms with Crippen LogP contribution in [0.25, 0.3) is 0 Å². The lowest BCUT2D eigenvalue weighted by Crippen LogP contribution is -2.52. The maximum absolute atomic E-state index is 14.2. The molecule has 2 N–H and O–H groups in total. The summed E-state index contributed by atoms with van der Waals surface area (Å²) in [7, 11) is -8.34. The van der Waals surface area contributed by atoms with Crippen molar-refractivity contribution < 1.29 is 31.2 Å². The third-order valence-corrected chi connectivity index (χ3v) is 13.6.